The summed E-state index contributed by atoms with van der Waals surface area (Å²) in [5.74, 6) is -0.475. The standard InChI is InChI=1S/C21H19Cl2N3O3S2/c1-2-11-26-19-17(10-9-16(22)18(19)23)30-21(26)24-20(27)14-5-7-15(8-6-14)31(28,29)25-12-3-4-13-25/h2,5-10H,1,3-4,11-13H2. The third-order valence-electron chi connectivity index (χ3n) is 5.05. The van der Waals surface area contributed by atoms with Crippen molar-refractivity contribution in [1.29, 1.82) is 0 Å². The molecule has 1 fully saturated rings. The number of amides is 1. The van der Waals surface area contributed by atoms with Crippen molar-refractivity contribution in [2.45, 2.75) is 24.3 Å². The van der Waals surface area contributed by atoms with Crippen LogP contribution in [0.25, 0.3) is 10.2 Å². The molecule has 0 bridgehead atoms. The van der Waals surface area contributed by atoms with Crippen LogP contribution in [0.3, 0.4) is 0 Å². The van der Waals surface area contributed by atoms with Gasteiger partial charge in [0.05, 0.1) is 25.2 Å². The maximum absolute atomic E-state index is 12.8. The van der Waals surface area contributed by atoms with E-state index in [4.69, 9.17) is 23.2 Å². The zero-order valence-corrected chi connectivity index (χ0v) is 19.6. The van der Waals surface area contributed by atoms with E-state index in [0.717, 1.165) is 17.5 Å². The molecule has 10 heteroatoms. The quantitative estimate of drug-likeness (QED) is 0.480. The van der Waals surface area contributed by atoms with Crippen molar-refractivity contribution in [3.05, 3.63) is 69.5 Å². The number of fused-ring (bicyclic) bond motifs is 1. The number of aromatic nitrogens is 1. The van der Waals surface area contributed by atoms with Gasteiger partial charge in [-0.25, -0.2) is 8.42 Å². The van der Waals surface area contributed by atoms with E-state index >= 15 is 0 Å². The van der Waals surface area contributed by atoms with Gasteiger partial charge in [0.15, 0.2) is 4.80 Å². The van der Waals surface area contributed by atoms with Crippen LogP contribution in [0.1, 0.15) is 23.2 Å². The van der Waals surface area contributed by atoms with Gasteiger partial charge in [-0.2, -0.15) is 9.30 Å². The van der Waals surface area contributed by atoms with Crippen molar-refractivity contribution >= 4 is 60.7 Å². The lowest BCUT2D eigenvalue weighted by Gasteiger charge is -2.15. The predicted molar refractivity (Wildman–Crippen MR) is 124 cm³/mol. The van der Waals surface area contributed by atoms with E-state index in [1.54, 1.807) is 16.7 Å². The molecular formula is C21H19Cl2N3O3S2. The third kappa shape index (κ3) is 4.23. The molecule has 0 unspecified atom stereocenters. The molecule has 3 aromatic rings. The normalized spacial score (nSPS) is 15.6. The Balaban J connectivity index is 1.71. The molecule has 31 heavy (non-hydrogen) atoms. The van der Waals surface area contributed by atoms with Crippen LogP contribution in [0.5, 0.6) is 0 Å². The van der Waals surface area contributed by atoms with Crippen molar-refractivity contribution in [2.24, 2.45) is 4.99 Å². The molecule has 4 rings (SSSR count). The summed E-state index contributed by atoms with van der Waals surface area (Å²) in [5.41, 5.74) is 0.991. The molecule has 0 aliphatic carbocycles. The fraction of sp³-hybridized carbons (Fsp3) is 0.238. The number of nitrogens with zero attached hydrogens (tertiary/aromatic N) is 3. The summed E-state index contributed by atoms with van der Waals surface area (Å²) in [6.07, 6.45) is 3.42. The van der Waals surface area contributed by atoms with E-state index in [2.05, 4.69) is 11.6 Å². The van der Waals surface area contributed by atoms with Crippen LogP contribution < -0.4 is 4.80 Å². The summed E-state index contributed by atoms with van der Waals surface area (Å²) >= 11 is 13.8. The van der Waals surface area contributed by atoms with Crippen molar-refractivity contribution in [3.63, 3.8) is 0 Å². The second-order valence-electron chi connectivity index (χ2n) is 7.04. The van der Waals surface area contributed by atoms with E-state index in [0.29, 0.717) is 45.6 Å². The van der Waals surface area contributed by atoms with Crippen LogP contribution in [0.2, 0.25) is 10.0 Å². The molecular weight excluding hydrogens is 477 g/mol. The number of halogens is 2. The Hall–Kier alpha value is -1.97. The minimum atomic E-state index is -3.53. The van der Waals surface area contributed by atoms with Gasteiger partial charge in [0.1, 0.15) is 0 Å². The molecule has 0 radical (unpaired) electrons. The van der Waals surface area contributed by atoms with Gasteiger partial charge in [0, 0.05) is 25.2 Å². The molecule has 6 nitrogen and oxygen atoms in total. The Labute approximate surface area is 194 Å². The molecule has 0 spiro atoms. The molecule has 1 aliphatic heterocycles. The summed E-state index contributed by atoms with van der Waals surface area (Å²) in [4.78, 5) is 17.7. The first-order chi connectivity index (χ1) is 14.8. The first-order valence-corrected chi connectivity index (χ1v) is 12.6. The largest absolute Gasteiger partial charge is 0.311 e. The number of sulfonamides is 1. The van der Waals surface area contributed by atoms with E-state index in [1.807, 2.05) is 6.07 Å². The zero-order valence-electron chi connectivity index (χ0n) is 16.4. The highest BCUT2D eigenvalue weighted by atomic mass is 35.5. The van der Waals surface area contributed by atoms with Crippen LogP contribution in [-0.2, 0) is 16.6 Å². The smallest absolute Gasteiger partial charge is 0.279 e. The Kier molecular flexibility index (Phi) is 6.37. The van der Waals surface area contributed by atoms with Gasteiger partial charge in [-0.05, 0) is 49.2 Å². The Morgan fingerprint density at radius 3 is 2.45 bits per heavy atom. The SMILES string of the molecule is C=CCn1c(=NC(=O)c2ccc(S(=O)(=O)N3CCCC3)cc2)sc2ccc(Cl)c(Cl)c21. The zero-order chi connectivity index (χ0) is 22.2. The number of benzene rings is 2. The number of hydrogen-bond acceptors (Lipinski definition) is 4. The molecule has 1 aliphatic rings. The second-order valence-corrected chi connectivity index (χ2v) is 10.8. The highest BCUT2D eigenvalue weighted by Gasteiger charge is 2.27. The summed E-state index contributed by atoms with van der Waals surface area (Å²) < 4.78 is 29.4. The van der Waals surface area contributed by atoms with Crippen LogP contribution >= 0.6 is 34.5 Å². The first-order valence-electron chi connectivity index (χ1n) is 9.60. The van der Waals surface area contributed by atoms with Gasteiger partial charge in [-0.1, -0.05) is 40.6 Å². The topological polar surface area (TPSA) is 71.7 Å². The van der Waals surface area contributed by atoms with Crippen LogP contribution in [0, 0.1) is 0 Å². The molecule has 0 saturated carbocycles. The van der Waals surface area contributed by atoms with Crippen LogP contribution in [0.4, 0.5) is 0 Å². The number of thiazole rings is 1. The second kappa shape index (κ2) is 8.88. The summed E-state index contributed by atoms with van der Waals surface area (Å²) in [6.45, 7) is 5.22. The molecule has 1 aromatic heterocycles. The number of allylic oxidation sites excluding steroid dienone is 1. The maximum atomic E-state index is 12.8. The van der Waals surface area contributed by atoms with Gasteiger partial charge in [-0.3, -0.25) is 4.79 Å². The van der Waals surface area contributed by atoms with Crippen molar-refractivity contribution in [3.8, 4) is 0 Å². The Bertz CT molecular complexity index is 1340. The molecule has 2 aromatic carbocycles. The molecule has 1 saturated heterocycles. The molecule has 2 heterocycles. The summed E-state index contributed by atoms with van der Waals surface area (Å²) in [5, 5.41) is 0.806. The van der Waals surface area contributed by atoms with Crippen LogP contribution in [0.15, 0.2) is 58.9 Å². The maximum Gasteiger partial charge on any atom is 0.279 e. The summed E-state index contributed by atoms with van der Waals surface area (Å²) in [7, 11) is -3.53. The molecule has 162 valence electrons. The lowest BCUT2D eigenvalue weighted by Crippen LogP contribution is -2.27. The van der Waals surface area contributed by atoms with Gasteiger partial charge in [-0.15, -0.1) is 6.58 Å². The Morgan fingerprint density at radius 2 is 1.81 bits per heavy atom. The predicted octanol–water partition coefficient (Wildman–Crippen LogP) is 4.72. The Morgan fingerprint density at radius 1 is 1.13 bits per heavy atom. The molecule has 0 N–H and O–H groups in total. The lowest BCUT2D eigenvalue weighted by molar-refractivity contribution is 0.0998. The van der Waals surface area contributed by atoms with Gasteiger partial charge in [0.2, 0.25) is 10.0 Å². The van der Waals surface area contributed by atoms with Crippen molar-refractivity contribution in [2.75, 3.05) is 13.1 Å². The third-order valence-corrected chi connectivity index (χ3v) is 8.80. The van der Waals surface area contributed by atoms with Crippen molar-refractivity contribution in [1.82, 2.24) is 8.87 Å². The first kappa shape index (κ1) is 22.2. The average Bonchev–Trinajstić information content (AvgIpc) is 3.41. The number of rotatable bonds is 5. The summed E-state index contributed by atoms with van der Waals surface area (Å²) in [6, 6.07) is 9.42. The average molecular weight is 496 g/mol. The number of hydrogen-bond donors (Lipinski definition) is 0. The van der Waals surface area contributed by atoms with Gasteiger partial charge < -0.3 is 4.57 Å². The van der Waals surface area contributed by atoms with E-state index in [9.17, 15) is 13.2 Å². The van der Waals surface area contributed by atoms with Crippen molar-refractivity contribution < 1.29 is 13.2 Å². The number of carbonyl (C=O) groups is 1. The van der Waals surface area contributed by atoms with E-state index in [1.165, 1.54) is 39.9 Å². The van der Waals surface area contributed by atoms with E-state index < -0.39 is 15.9 Å². The highest BCUT2D eigenvalue weighted by Crippen LogP contribution is 2.32. The molecule has 0 atom stereocenters. The monoisotopic (exact) mass is 495 g/mol. The van der Waals surface area contributed by atoms with Gasteiger partial charge >= 0.3 is 0 Å². The molecule has 1 amide bonds. The van der Waals surface area contributed by atoms with Gasteiger partial charge in [0.25, 0.3) is 5.91 Å². The lowest BCUT2D eigenvalue weighted by atomic mass is 10.2. The van der Waals surface area contributed by atoms with E-state index in [-0.39, 0.29) is 4.90 Å². The van der Waals surface area contributed by atoms with Crippen LogP contribution in [-0.4, -0.2) is 36.3 Å². The highest BCUT2D eigenvalue weighted by molar-refractivity contribution is 7.89. The fourth-order valence-electron chi connectivity index (χ4n) is 3.49. The number of carbonyl (C=O) groups excluding carboxylic acids is 1. The minimum Gasteiger partial charge on any atom is -0.311 e. The fourth-order valence-corrected chi connectivity index (χ4v) is 6.52. The minimum absolute atomic E-state index is 0.177.